The molecule has 0 aliphatic rings. The van der Waals surface area contributed by atoms with Crippen molar-refractivity contribution in [2.75, 3.05) is 0 Å². The zero-order valence-electron chi connectivity index (χ0n) is 15.6. The van der Waals surface area contributed by atoms with Gasteiger partial charge in [0.1, 0.15) is 0 Å². The van der Waals surface area contributed by atoms with Crippen LogP contribution in [0.1, 0.15) is 61.2 Å². The van der Waals surface area contributed by atoms with E-state index in [1.54, 1.807) is 41.7 Å². The lowest BCUT2D eigenvalue weighted by molar-refractivity contribution is -0.137. The van der Waals surface area contributed by atoms with E-state index in [2.05, 4.69) is 11.6 Å². The monoisotopic (exact) mass is 409 g/mol. The van der Waals surface area contributed by atoms with Crippen molar-refractivity contribution in [3.63, 3.8) is 0 Å². The molecule has 1 atom stereocenters. The van der Waals surface area contributed by atoms with E-state index in [0.717, 1.165) is 35.4 Å². The summed E-state index contributed by atoms with van der Waals surface area (Å²) in [6, 6.07) is 12.1. The SMILES string of the molecule is CCCCCC(NS(=O)(=O)c1ccccc1)c1ccc(CCCC(=O)O)s1. The first-order valence-corrected chi connectivity index (χ1v) is 11.6. The maximum Gasteiger partial charge on any atom is 0.303 e. The van der Waals surface area contributed by atoms with Crippen molar-refractivity contribution in [2.45, 2.75) is 62.8 Å². The number of sulfonamides is 1. The molecule has 0 bridgehead atoms. The average Bonchev–Trinajstić information content (AvgIpc) is 3.10. The van der Waals surface area contributed by atoms with E-state index in [-0.39, 0.29) is 17.4 Å². The zero-order valence-corrected chi connectivity index (χ0v) is 17.2. The van der Waals surface area contributed by atoms with Crippen LogP contribution < -0.4 is 4.72 Å². The molecule has 1 aromatic carbocycles. The Morgan fingerprint density at radius 1 is 1.11 bits per heavy atom. The predicted octanol–water partition coefficient (Wildman–Crippen LogP) is 4.76. The van der Waals surface area contributed by atoms with Gasteiger partial charge in [-0.15, -0.1) is 11.3 Å². The van der Waals surface area contributed by atoms with Crippen LogP contribution in [0.15, 0.2) is 47.4 Å². The first kappa shape index (κ1) is 21.6. The predicted molar refractivity (Wildman–Crippen MR) is 109 cm³/mol. The number of nitrogens with one attached hydrogen (secondary N) is 1. The molecule has 148 valence electrons. The van der Waals surface area contributed by atoms with Gasteiger partial charge < -0.3 is 5.11 Å². The van der Waals surface area contributed by atoms with Crippen LogP contribution in [0.4, 0.5) is 0 Å². The summed E-state index contributed by atoms with van der Waals surface area (Å²) in [5, 5.41) is 8.77. The van der Waals surface area contributed by atoms with Crippen molar-refractivity contribution in [3.05, 3.63) is 52.2 Å². The Hall–Kier alpha value is -1.70. The van der Waals surface area contributed by atoms with E-state index in [0.29, 0.717) is 12.8 Å². The van der Waals surface area contributed by atoms with Crippen LogP contribution in [-0.2, 0) is 21.2 Å². The van der Waals surface area contributed by atoms with Gasteiger partial charge in [0.05, 0.1) is 10.9 Å². The van der Waals surface area contributed by atoms with Gasteiger partial charge in [0.2, 0.25) is 10.0 Å². The summed E-state index contributed by atoms with van der Waals surface area (Å²) in [6.07, 6.45) is 5.26. The van der Waals surface area contributed by atoms with E-state index in [4.69, 9.17) is 5.11 Å². The third-order valence-electron chi connectivity index (χ3n) is 4.29. The average molecular weight is 410 g/mol. The fourth-order valence-corrected chi connectivity index (χ4v) is 5.33. The lowest BCUT2D eigenvalue weighted by Crippen LogP contribution is -2.28. The number of carboxylic acids is 1. The highest BCUT2D eigenvalue weighted by atomic mass is 32.2. The molecule has 7 heteroatoms. The quantitative estimate of drug-likeness (QED) is 0.495. The molecule has 1 heterocycles. The molecule has 2 N–H and O–H groups in total. The molecule has 1 unspecified atom stereocenters. The second-order valence-electron chi connectivity index (χ2n) is 6.53. The van der Waals surface area contributed by atoms with Gasteiger partial charge in [-0.3, -0.25) is 4.79 Å². The first-order valence-electron chi connectivity index (χ1n) is 9.30. The van der Waals surface area contributed by atoms with Crippen LogP contribution in [0.5, 0.6) is 0 Å². The molecule has 0 amide bonds. The molecule has 0 fully saturated rings. The van der Waals surface area contributed by atoms with Crippen LogP contribution in [0.2, 0.25) is 0 Å². The summed E-state index contributed by atoms with van der Waals surface area (Å²) in [5.74, 6) is -0.792. The van der Waals surface area contributed by atoms with Crippen LogP contribution >= 0.6 is 11.3 Å². The summed E-state index contributed by atoms with van der Waals surface area (Å²) in [7, 11) is -3.58. The number of unbranched alkanes of at least 4 members (excludes halogenated alkanes) is 2. The van der Waals surface area contributed by atoms with Gasteiger partial charge in [-0.2, -0.15) is 0 Å². The Morgan fingerprint density at radius 2 is 1.85 bits per heavy atom. The minimum Gasteiger partial charge on any atom is -0.481 e. The van der Waals surface area contributed by atoms with E-state index < -0.39 is 16.0 Å². The number of thiophene rings is 1. The van der Waals surface area contributed by atoms with Crippen molar-refractivity contribution in [3.8, 4) is 0 Å². The topological polar surface area (TPSA) is 83.5 Å². The van der Waals surface area contributed by atoms with Gasteiger partial charge in [-0.25, -0.2) is 13.1 Å². The maximum absolute atomic E-state index is 12.7. The molecule has 2 aromatic rings. The number of carboxylic acid groups (broad SMARTS) is 1. The standard InChI is InChI=1S/C20H27NO4S2/c1-2-3-5-12-18(21-27(24,25)17-10-6-4-7-11-17)19-15-14-16(26-19)9-8-13-20(22)23/h4,6-7,10-11,14-15,18,21H,2-3,5,8-9,12-13H2,1H3,(H,22,23). The van der Waals surface area contributed by atoms with Crippen molar-refractivity contribution >= 4 is 27.3 Å². The number of aryl methyl sites for hydroxylation is 1. The number of hydrogen-bond donors (Lipinski definition) is 2. The number of rotatable bonds is 12. The maximum atomic E-state index is 12.7. The molecular weight excluding hydrogens is 382 g/mol. The van der Waals surface area contributed by atoms with Crippen LogP contribution in [0, 0.1) is 0 Å². The summed E-state index contributed by atoms with van der Waals surface area (Å²) in [6.45, 7) is 2.12. The third kappa shape index (κ3) is 7.08. The zero-order chi connectivity index (χ0) is 19.7. The molecule has 2 rings (SSSR count). The summed E-state index contributed by atoms with van der Waals surface area (Å²) in [5.41, 5.74) is 0. The number of carbonyl (C=O) groups is 1. The smallest absolute Gasteiger partial charge is 0.303 e. The van der Waals surface area contributed by atoms with Crippen molar-refractivity contribution in [1.29, 1.82) is 0 Å². The molecule has 0 saturated carbocycles. The molecule has 5 nitrogen and oxygen atoms in total. The van der Waals surface area contributed by atoms with E-state index in [1.165, 1.54) is 0 Å². The van der Waals surface area contributed by atoms with Gasteiger partial charge >= 0.3 is 5.97 Å². The highest BCUT2D eigenvalue weighted by Gasteiger charge is 2.22. The van der Waals surface area contributed by atoms with Crippen molar-refractivity contribution in [1.82, 2.24) is 4.72 Å². The lowest BCUT2D eigenvalue weighted by Gasteiger charge is -2.17. The number of benzene rings is 1. The largest absolute Gasteiger partial charge is 0.481 e. The number of hydrogen-bond acceptors (Lipinski definition) is 4. The second-order valence-corrected chi connectivity index (χ2v) is 9.45. The Bertz CT molecular complexity index is 816. The Kier molecular flexibility index (Phi) is 8.47. The van der Waals surface area contributed by atoms with Crippen LogP contribution in [0.25, 0.3) is 0 Å². The Labute approximate surface area is 165 Å². The third-order valence-corrected chi connectivity index (χ3v) is 7.03. The molecule has 0 aliphatic heterocycles. The molecule has 0 saturated heterocycles. The Morgan fingerprint density at radius 3 is 2.52 bits per heavy atom. The molecular formula is C20H27NO4S2. The van der Waals surface area contributed by atoms with Gasteiger partial charge in [-0.1, -0.05) is 44.4 Å². The Balaban J connectivity index is 2.12. The minimum atomic E-state index is -3.58. The van der Waals surface area contributed by atoms with Crippen LogP contribution in [0.3, 0.4) is 0 Å². The normalized spacial score (nSPS) is 12.8. The fraction of sp³-hybridized carbons (Fsp3) is 0.450. The number of aliphatic carboxylic acids is 1. The van der Waals surface area contributed by atoms with E-state index >= 15 is 0 Å². The summed E-state index contributed by atoms with van der Waals surface area (Å²) >= 11 is 1.57. The fourth-order valence-electron chi connectivity index (χ4n) is 2.84. The molecule has 1 aromatic heterocycles. The lowest BCUT2D eigenvalue weighted by atomic mass is 10.1. The van der Waals surface area contributed by atoms with E-state index in [9.17, 15) is 13.2 Å². The van der Waals surface area contributed by atoms with Crippen LogP contribution in [-0.4, -0.2) is 19.5 Å². The van der Waals surface area contributed by atoms with Crippen molar-refractivity contribution < 1.29 is 18.3 Å². The van der Waals surface area contributed by atoms with Crippen molar-refractivity contribution in [2.24, 2.45) is 0 Å². The highest BCUT2D eigenvalue weighted by Crippen LogP contribution is 2.29. The summed E-state index contributed by atoms with van der Waals surface area (Å²) in [4.78, 5) is 13.0. The minimum absolute atomic E-state index is 0.147. The summed E-state index contributed by atoms with van der Waals surface area (Å²) < 4.78 is 28.3. The van der Waals surface area contributed by atoms with E-state index in [1.807, 2.05) is 12.1 Å². The molecule has 0 aliphatic carbocycles. The molecule has 27 heavy (non-hydrogen) atoms. The second kappa shape index (κ2) is 10.6. The highest BCUT2D eigenvalue weighted by molar-refractivity contribution is 7.89. The van der Waals surface area contributed by atoms with Gasteiger partial charge in [0.25, 0.3) is 0 Å². The molecule has 0 spiro atoms. The van der Waals surface area contributed by atoms with Gasteiger partial charge in [-0.05, 0) is 43.5 Å². The van der Waals surface area contributed by atoms with Gasteiger partial charge in [0, 0.05) is 16.2 Å². The first-order chi connectivity index (χ1) is 12.9. The van der Waals surface area contributed by atoms with Gasteiger partial charge in [0.15, 0.2) is 0 Å². The molecule has 0 radical (unpaired) electrons.